The van der Waals surface area contributed by atoms with Gasteiger partial charge in [-0.3, -0.25) is 14.4 Å². The van der Waals surface area contributed by atoms with Crippen LogP contribution < -0.4 is 9.47 Å². The van der Waals surface area contributed by atoms with E-state index in [1.54, 1.807) is 0 Å². The first-order valence-corrected chi connectivity index (χ1v) is 9.64. The van der Waals surface area contributed by atoms with Crippen LogP contribution in [0.25, 0.3) is 0 Å². The molecule has 0 spiro atoms. The molecular weight excluding hydrogens is 344 g/mol. The topological polar surface area (TPSA) is 69.7 Å². The van der Waals surface area contributed by atoms with Crippen molar-refractivity contribution in [3.63, 3.8) is 0 Å². The third-order valence-corrected chi connectivity index (χ3v) is 4.85. The molecule has 0 radical (unpaired) electrons. The fourth-order valence-corrected chi connectivity index (χ4v) is 3.40. The van der Waals surface area contributed by atoms with Crippen molar-refractivity contribution in [3.05, 3.63) is 34.9 Å². The number of fused-ring (bicyclic) bond motifs is 1. The molecule has 2 rings (SSSR count). The van der Waals surface area contributed by atoms with Crippen molar-refractivity contribution in [3.8, 4) is 11.5 Å². The van der Waals surface area contributed by atoms with Crippen molar-refractivity contribution < 1.29 is 23.9 Å². The summed E-state index contributed by atoms with van der Waals surface area (Å²) in [6, 6.07) is 1.52. The number of unbranched alkanes of at least 4 members (excludes halogenated alkanes) is 6. The highest BCUT2D eigenvalue weighted by molar-refractivity contribution is 6.25. The van der Waals surface area contributed by atoms with Crippen LogP contribution in [0.2, 0.25) is 0 Å². The minimum absolute atomic E-state index is 0.101. The third-order valence-electron chi connectivity index (χ3n) is 4.85. The van der Waals surface area contributed by atoms with E-state index in [0.29, 0.717) is 12.0 Å². The predicted molar refractivity (Wildman–Crippen MR) is 104 cm³/mol. The first-order valence-electron chi connectivity index (χ1n) is 9.64. The highest BCUT2D eigenvalue weighted by Crippen LogP contribution is 2.38. The quantitative estimate of drug-likeness (QED) is 0.405. The van der Waals surface area contributed by atoms with E-state index in [9.17, 15) is 14.4 Å². The summed E-state index contributed by atoms with van der Waals surface area (Å²) in [5, 5.41) is 0. The molecule has 0 saturated heterocycles. The van der Waals surface area contributed by atoms with Gasteiger partial charge >= 0.3 is 0 Å². The number of rotatable bonds is 11. The normalized spacial score (nSPS) is 12.9. The summed E-state index contributed by atoms with van der Waals surface area (Å²) in [6.45, 7) is 2.19. The Balaban J connectivity index is 2.17. The maximum absolute atomic E-state index is 12.8. The molecule has 0 N–H and O–H groups in total. The zero-order valence-corrected chi connectivity index (χ0v) is 16.4. The van der Waals surface area contributed by atoms with Crippen LogP contribution >= 0.6 is 0 Å². The van der Waals surface area contributed by atoms with Crippen molar-refractivity contribution in [1.82, 2.24) is 0 Å². The Morgan fingerprint density at radius 2 is 1.44 bits per heavy atom. The molecule has 27 heavy (non-hydrogen) atoms. The third kappa shape index (κ3) is 4.85. The van der Waals surface area contributed by atoms with E-state index in [1.807, 2.05) is 0 Å². The van der Waals surface area contributed by atoms with Gasteiger partial charge in [0.05, 0.1) is 30.9 Å². The Labute approximate surface area is 160 Å². The molecule has 146 valence electrons. The fourth-order valence-electron chi connectivity index (χ4n) is 3.40. The van der Waals surface area contributed by atoms with Crippen molar-refractivity contribution in [2.24, 2.45) is 0 Å². The molecule has 0 fully saturated rings. The number of hydrogen-bond donors (Lipinski definition) is 0. The molecule has 5 heteroatoms. The number of ketones is 3. The zero-order chi connectivity index (χ0) is 19.8. The minimum Gasteiger partial charge on any atom is -0.496 e. The van der Waals surface area contributed by atoms with Gasteiger partial charge in [-0.2, -0.15) is 0 Å². The lowest BCUT2D eigenvalue weighted by Gasteiger charge is -2.19. The Morgan fingerprint density at radius 3 is 2.04 bits per heavy atom. The van der Waals surface area contributed by atoms with E-state index >= 15 is 0 Å². The zero-order valence-electron chi connectivity index (χ0n) is 16.4. The maximum Gasteiger partial charge on any atom is 0.190 e. The van der Waals surface area contributed by atoms with Crippen LogP contribution in [0.5, 0.6) is 11.5 Å². The number of Topliss-reactive ketones (excluding diaryl/α,β-unsaturated/α-hetero) is 1. The van der Waals surface area contributed by atoms with Crippen molar-refractivity contribution >= 4 is 17.3 Å². The summed E-state index contributed by atoms with van der Waals surface area (Å²) in [6.07, 6.45) is 10.6. The number of carbonyl (C=O) groups excluding carboxylic acids is 3. The average Bonchev–Trinajstić information content (AvgIpc) is 2.68. The Kier molecular flexibility index (Phi) is 7.77. The molecule has 0 heterocycles. The number of methoxy groups -OCH3 is 2. The number of benzene rings is 1. The molecule has 0 saturated carbocycles. The summed E-state index contributed by atoms with van der Waals surface area (Å²) in [5.74, 6) is -0.384. The van der Waals surface area contributed by atoms with E-state index in [0.717, 1.165) is 19.3 Å². The van der Waals surface area contributed by atoms with E-state index in [2.05, 4.69) is 6.92 Å². The molecule has 0 amide bonds. The second-order valence-corrected chi connectivity index (χ2v) is 6.77. The first-order chi connectivity index (χ1) is 13.0. The summed E-state index contributed by atoms with van der Waals surface area (Å²) >= 11 is 0. The van der Waals surface area contributed by atoms with Crippen LogP contribution in [0, 0.1) is 0 Å². The molecule has 0 unspecified atom stereocenters. The Hall–Kier alpha value is -2.43. The van der Waals surface area contributed by atoms with Crippen LogP contribution in [0.15, 0.2) is 18.2 Å². The number of carbonyl (C=O) groups is 3. The van der Waals surface area contributed by atoms with Gasteiger partial charge in [-0.05, 0) is 24.6 Å². The maximum atomic E-state index is 12.8. The summed E-state index contributed by atoms with van der Waals surface area (Å²) in [5.41, 5.74) is 0.581. The molecule has 0 aliphatic heterocycles. The largest absolute Gasteiger partial charge is 0.496 e. The van der Waals surface area contributed by atoms with Crippen LogP contribution in [0.1, 0.15) is 89.4 Å². The molecule has 0 atom stereocenters. The number of allylic oxidation sites excluding steroid dienone is 2. The van der Waals surface area contributed by atoms with Crippen LogP contribution in [0.3, 0.4) is 0 Å². The SMILES string of the molecule is CCCCCCCCCC(=O)c1cc(OC)c2c(c1OC)C(=O)C=CC2=O. The van der Waals surface area contributed by atoms with Crippen LogP contribution in [-0.4, -0.2) is 31.6 Å². The first kappa shape index (κ1) is 20.9. The predicted octanol–water partition coefficient (Wildman–Crippen LogP) is 4.96. The highest BCUT2D eigenvalue weighted by atomic mass is 16.5. The van der Waals surface area contributed by atoms with Crippen molar-refractivity contribution in [2.45, 2.75) is 58.3 Å². The molecule has 1 aliphatic carbocycles. The van der Waals surface area contributed by atoms with E-state index in [1.165, 1.54) is 58.1 Å². The van der Waals surface area contributed by atoms with Crippen molar-refractivity contribution in [1.29, 1.82) is 0 Å². The van der Waals surface area contributed by atoms with Gasteiger partial charge < -0.3 is 9.47 Å². The van der Waals surface area contributed by atoms with Gasteiger partial charge in [-0.25, -0.2) is 0 Å². The van der Waals surface area contributed by atoms with E-state index in [-0.39, 0.29) is 40.0 Å². The van der Waals surface area contributed by atoms with Crippen molar-refractivity contribution in [2.75, 3.05) is 14.2 Å². The number of hydrogen-bond acceptors (Lipinski definition) is 5. The molecule has 0 bridgehead atoms. The number of ether oxygens (including phenoxy) is 2. The second-order valence-electron chi connectivity index (χ2n) is 6.77. The minimum atomic E-state index is -0.356. The van der Waals surface area contributed by atoms with Gasteiger partial charge in [0.15, 0.2) is 17.3 Å². The smallest absolute Gasteiger partial charge is 0.190 e. The Morgan fingerprint density at radius 1 is 0.852 bits per heavy atom. The average molecular weight is 372 g/mol. The lowest BCUT2D eigenvalue weighted by molar-refractivity contribution is 0.0969. The van der Waals surface area contributed by atoms with E-state index in [4.69, 9.17) is 9.47 Å². The molecule has 1 aromatic rings. The fraction of sp³-hybridized carbons (Fsp3) is 0.500. The van der Waals surface area contributed by atoms with Gasteiger partial charge in [0.2, 0.25) is 0 Å². The molecular formula is C22H28O5. The van der Waals surface area contributed by atoms with Crippen LogP contribution in [0.4, 0.5) is 0 Å². The van der Waals surface area contributed by atoms with Gasteiger partial charge in [0.25, 0.3) is 0 Å². The molecule has 0 aromatic heterocycles. The summed E-state index contributed by atoms with van der Waals surface area (Å²) in [4.78, 5) is 37.3. The summed E-state index contributed by atoms with van der Waals surface area (Å²) < 4.78 is 10.7. The highest BCUT2D eigenvalue weighted by Gasteiger charge is 2.31. The lowest BCUT2D eigenvalue weighted by atomic mass is 9.89. The van der Waals surface area contributed by atoms with Gasteiger partial charge in [-0.1, -0.05) is 45.4 Å². The second kappa shape index (κ2) is 10.0. The molecule has 1 aromatic carbocycles. The van der Waals surface area contributed by atoms with Crippen LogP contribution in [-0.2, 0) is 0 Å². The lowest BCUT2D eigenvalue weighted by Crippen LogP contribution is -2.17. The van der Waals surface area contributed by atoms with Gasteiger partial charge in [0, 0.05) is 6.42 Å². The van der Waals surface area contributed by atoms with Gasteiger partial charge in [-0.15, -0.1) is 0 Å². The Bertz CT molecular complexity index is 746. The van der Waals surface area contributed by atoms with Gasteiger partial charge in [0.1, 0.15) is 11.5 Å². The monoisotopic (exact) mass is 372 g/mol. The molecule has 1 aliphatic rings. The standard InChI is InChI=1S/C22H28O5/c1-4-5-6-7-8-9-10-11-16(23)15-14-19(26-2)20-17(24)12-13-18(25)21(20)22(15)27-3/h12-14H,4-11H2,1-3H3. The van der Waals surface area contributed by atoms with E-state index < -0.39 is 0 Å². The summed E-state index contributed by atoms with van der Waals surface area (Å²) in [7, 11) is 2.82. The molecule has 5 nitrogen and oxygen atoms in total.